The highest BCUT2D eigenvalue weighted by molar-refractivity contribution is 5.94. The molecule has 29 heavy (non-hydrogen) atoms. The molecule has 2 saturated heterocycles. The first kappa shape index (κ1) is 23.1. The normalized spacial score (nSPS) is 23.7. The van der Waals surface area contributed by atoms with E-state index in [1.807, 2.05) is 0 Å². The lowest BCUT2D eigenvalue weighted by Gasteiger charge is -2.29. The second-order valence-corrected chi connectivity index (χ2v) is 7.84. The Morgan fingerprint density at radius 3 is 2.21 bits per heavy atom. The largest absolute Gasteiger partial charge is 0.480 e. The smallest absolute Gasteiger partial charge is 0.326 e. The Kier molecular flexibility index (Phi) is 8.39. The first-order chi connectivity index (χ1) is 13.8. The quantitative estimate of drug-likeness (QED) is 0.355. The summed E-state index contributed by atoms with van der Waals surface area (Å²) < 4.78 is 0. The maximum atomic E-state index is 12.7. The molecular formula is C19H33N5O5. The van der Waals surface area contributed by atoms with E-state index in [9.17, 15) is 24.3 Å². The van der Waals surface area contributed by atoms with Gasteiger partial charge in [-0.1, -0.05) is 6.42 Å². The van der Waals surface area contributed by atoms with E-state index >= 15 is 0 Å². The molecule has 164 valence electrons. The molecule has 0 aromatic rings. The van der Waals surface area contributed by atoms with E-state index < -0.39 is 42.0 Å². The van der Waals surface area contributed by atoms with Crippen molar-refractivity contribution in [2.24, 2.45) is 11.5 Å². The number of aliphatic carboxylic acids is 1. The number of carbonyl (C=O) groups is 4. The van der Waals surface area contributed by atoms with Crippen molar-refractivity contribution in [1.82, 2.24) is 15.1 Å². The van der Waals surface area contributed by atoms with Crippen molar-refractivity contribution in [3.05, 3.63) is 0 Å². The molecule has 4 atom stereocenters. The lowest BCUT2D eigenvalue weighted by atomic mass is 10.1. The fourth-order valence-corrected chi connectivity index (χ4v) is 4.06. The van der Waals surface area contributed by atoms with Crippen molar-refractivity contribution < 1.29 is 24.3 Å². The predicted octanol–water partition coefficient (Wildman–Crippen LogP) is -0.986. The highest BCUT2D eigenvalue weighted by Gasteiger charge is 2.39. The summed E-state index contributed by atoms with van der Waals surface area (Å²) in [5.41, 5.74) is 11.5. The second kappa shape index (κ2) is 10.5. The minimum atomic E-state index is -1.04. The Labute approximate surface area is 170 Å². The number of amides is 3. The maximum absolute atomic E-state index is 12.7. The Hall–Kier alpha value is -2.20. The topological polar surface area (TPSA) is 159 Å². The fraction of sp³-hybridized carbons (Fsp3) is 0.789. The third-order valence-electron chi connectivity index (χ3n) is 5.68. The van der Waals surface area contributed by atoms with Gasteiger partial charge >= 0.3 is 5.97 Å². The molecule has 3 amide bonds. The molecular weight excluding hydrogens is 378 g/mol. The van der Waals surface area contributed by atoms with Gasteiger partial charge in [-0.15, -0.1) is 0 Å². The van der Waals surface area contributed by atoms with Gasteiger partial charge in [0.05, 0.1) is 6.04 Å². The molecule has 0 aliphatic carbocycles. The standard InChI is InChI=1S/C19H33N5O5/c1-12(17(26)24-11-5-8-15(24)19(28)29)22-16(25)14-7-4-10-23(14)18(27)13(21)6-2-3-9-20/h12-15H,2-11,20-21H2,1H3,(H,22,25)(H,28,29). The molecule has 4 unspecified atom stereocenters. The number of carboxylic acid groups (broad SMARTS) is 1. The van der Waals surface area contributed by atoms with Crippen LogP contribution in [0, 0.1) is 0 Å². The molecule has 2 fully saturated rings. The highest BCUT2D eigenvalue weighted by atomic mass is 16.4. The van der Waals surface area contributed by atoms with Gasteiger partial charge < -0.3 is 31.7 Å². The van der Waals surface area contributed by atoms with E-state index in [2.05, 4.69) is 5.32 Å². The minimum Gasteiger partial charge on any atom is -0.480 e. The van der Waals surface area contributed by atoms with Crippen molar-refractivity contribution in [1.29, 1.82) is 0 Å². The van der Waals surface area contributed by atoms with Crippen molar-refractivity contribution in [2.75, 3.05) is 19.6 Å². The zero-order valence-corrected chi connectivity index (χ0v) is 17.0. The number of unbranched alkanes of at least 4 members (excludes halogenated alkanes) is 1. The summed E-state index contributed by atoms with van der Waals surface area (Å²) in [5, 5.41) is 11.9. The monoisotopic (exact) mass is 411 g/mol. The molecule has 0 aromatic carbocycles. The summed E-state index contributed by atoms with van der Waals surface area (Å²) >= 11 is 0. The Morgan fingerprint density at radius 1 is 1.03 bits per heavy atom. The summed E-state index contributed by atoms with van der Waals surface area (Å²) in [6.07, 6.45) is 4.29. The molecule has 2 aliphatic rings. The summed E-state index contributed by atoms with van der Waals surface area (Å²) in [4.78, 5) is 52.1. The molecule has 10 nitrogen and oxygen atoms in total. The molecule has 0 radical (unpaired) electrons. The van der Waals surface area contributed by atoms with E-state index in [1.165, 1.54) is 16.7 Å². The highest BCUT2D eigenvalue weighted by Crippen LogP contribution is 2.21. The molecule has 0 bridgehead atoms. The predicted molar refractivity (Wildman–Crippen MR) is 106 cm³/mol. The number of nitrogens with two attached hydrogens (primary N) is 2. The minimum absolute atomic E-state index is 0.260. The van der Waals surface area contributed by atoms with Crippen LogP contribution in [0.5, 0.6) is 0 Å². The number of carbonyl (C=O) groups excluding carboxylic acids is 3. The zero-order chi connectivity index (χ0) is 21.6. The molecule has 0 saturated carbocycles. The van der Waals surface area contributed by atoms with Gasteiger partial charge in [0.1, 0.15) is 18.1 Å². The van der Waals surface area contributed by atoms with E-state index in [-0.39, 0.29) is 5.91 Å². The van der Waals surface area contributed by atoms with Crippen LogP contribution in [-0.2, 0) is 19.2 Å². The average molecular weight is 412 g/mol. The van der Waals surface area contributed by atoms with E-state index in [4.69, 9.17) is 11.5 Å². The van der Waals surface area contributed by atoms with Crippen molar-refractivity contribution >= 4 is 23.7 Å². The third-order valence-corrected chi connectivity index (χ3v) is 5.68. The third kappa shape index (κ3) is 5.66. The summed E-state index contributed by atoms with van der Waals surface area (Å²) in [6, 6.07) is -3.04. The number of likely N-dealkylation sites (tertiary alicyclic amines) is 2. The fourth-order valence-electron chi connectivity index (χ4n) is 4.06. The van der Waals surface area contributed by atoms with Crippen LogP contribution in [0.25, 0.3) is 0 Å². The van der Waals surface area contributed by atoms with Crippen LogP contribution in [0.1, 0.15) is 51.9 Å². The number of nitrogens with one attached hydrogen (secondary N) is 1. The van der Waals surface area contributed by atoms with Crippen LogP contribution >= 0.6 is 0 Å². The zero-order valence-electron chi connectivity index (χ0n) is 17.0. The Morgan fingerprint density at radius 2 is 1.62 bits per heavy atom. The van der Waals surface area contributed by atoms with Gasteiger partial charge in [-0.05, 0) is 52.0 Å². The van der Waals surface area contributed by atoms with Gasteiger partial charge in [-0.3, -0.25) is 14.4 Å². The van der Waals surface area contributed by atoms with E-state index in [0.29, 0.717) is 51.7 Å². The molecule has 6 N–H and O–H groups in total. The SMILES string of the molecule is CC(NC(=O)C1CCCN1C(=O)C(N)CCCCN)C(=O)N1CCCC1C(=O)O. The summed E-state index contributed by atoms with van der Waals surface area (Å²) in [6.45, 7) is 2.90. The second-order valence-electron chi connectivity index (χ2n) is 7.84. The molecule has 2 heterocycles. The number of carboxylic acids is 1. The molecule has 0 spiro atoms. The van der Waals surface area contributed by atoms with Crippen molar-refractivity contribution in [3.8, 4) is 0 Å². The summed E-state index contributed by atoms with van der Waals surface area (Å²) in [7, 11) is 0. The van der Waals surface area contributed by atoms with Crippen molar-refractivity contribution in [3.63, 3.8) is 0 Å². The van der Waals surface area contributed by atoms with Gasteiger partial charge in [0.2, 0.25) is 17.7 Å². The summed E-state index contributed by atoms with van der Waals surface area (Å²) in [5.74, 6) is -2.12. The number of hydrogen-bond donors (Lipinski definition) is 4. The number of rotatable bonds is 9. The van der Waals surface area contributed by atoms with Crippen LogP contribution in [0.3, 0.4) is 0 Å². The van der Waals surface area contributed by atoms with Gasteiger partial charge in [0, 0.05) is 13.1 Å². The first-order valence-electron chi connectivity index (χ1n) is 10.4. The van der Waals surface area contributed by atoms with E-state index in [1.54, 1.807) is 0 Å². The first-order valence-corrected chi connectivity index (χ1v) is 10.4. The maximum Gasteiger partial charge on any atom is 0.326 e. The van der Waals surface area contributed by atoms with Gasteiger partial charge in [0.15, 0.2) is 0 Å². The Bertz CT molecular complexity index is 628. The van der Waals surface area contributed by atoms with Crippen LogP contribution in [0.15, 0.2) is 0 Å². The number of hydrogen-bond acceptors (Lipinski definition) is 6. The molecule has 2 rings (SSSR count). The lowest BCUT2D eigenvalue weighted by molar-refractivity contribution is -0.149. The molecule has 2 aliphatic heterocycles. The van der Waals surface area contributed by atoms with Gasteiger partial charge in [-0.25, -0.2) is 4.79 Å². The van der Waals surface area contributed by atoms with Crippen LogP contribution < -0.4 is 16.8 Å². The molecule has 0 aromatic heterocycles. The van der Waals surface area contributed by atoms with Crippen LogP contribution in [0.4, 0.5) is 0 Å². The Balaban J connectivity index is 1.93. The lowest BCUT2D eigenvalue weighted by Crippen LogP contribution is -2.55. The van der Waals surface area contributed by atoms with Gasteiger partial charge in [0.25, 0.3) is 0 Å². The molecule has 10 heteroatoms. The van der Waals surface area contributed by atoms with Crippen LogP contribution in [-0.4, -0.2) is 82.4 Å². The average Bonchev–Trinajstić information content (AvgIpc) is 3.36. The number of nitrogens with zero attached hydrogens (tertiary/aromatic N) is 2. The van der Waals surface area contributed by atoms with Crippen molar-refractivity contribution in [2.45, 2.75) is 76.0 Å². The van der Waals surface area contributed by atoms with Gasteiger partial charge in [-0.2, -0.15) is 0 Å². The van der Waals surface area contributed by atoms with Crippen LogP contribution in [0.2, 0.25) is 0 Å². The van der Waals surface area contributed by atoms with E-state index in [0.717, 1.165) is 12.8 Å².